The summed E-state index contributed by atoms with van der Waals surface area (Å²) in [6.07, 6.45) is 4.12. The molecule has 2 heterocycles. The summed E-state index contributed by atoms with van der Waals surface area (Å²) in [4.78, 5) is 16.6. The van der Waals surface area contributed by atoms with Crippen LogP contribution in [-0.2, 0) is 4.87 Å². The van der Waals surface area contributed by atoms with E-state index in [1.807, 2.05) is 30.3 Å². The number of thioether (sulfide) groups is 1. The van der Waals surface area contributed by atoms with Gasteiger partial charge >= 0.3 is 0 Å². The van der Waals surface area contributed by atoms with E-state index >= 15 is 0 Å². The Morgan fingerprint density at radius 3 is 2.61 bits per heavy atom. The molecule has 1 unspecified atom stereocenters. The zero-order valence-corrected chi connectivity index (χ0v) is 17.4. The fourth-order valence-corrected chi connectivity index (χ4v) is 4.93. The molecule has 4 rings (SSSR count). The van der Waals surface area contributed by atoms with Gasteiger partial charge in [0.1, 0.15) is 21.5 Å². The van der Waals surface area contributed by atoms with E-state index < -0.39 is 16.5 Å². The lowest BCUT2D eigenvalue weighted by molar-refractivity contribution is 0.0637. The summed E-state index contributed by atoms with van der Waals surface area (Å²) in [5, 5.41) is 6.10. The third kappa shape index (κ3) is 4.08. The average Bonchev–Trinajstić information content (AvgIpc) is 3.20. The smallest absolute Gasteiger partial charge is 0.277 e. The fourth-order valence-electron chi connectivity index (χ4n) is 3.51. The molecule has 1 atom stereocenters. The molecule has 1 aliphatic rings. The van der Waals surface area contributed by atoms with Crippen molar-refractivity contribution in [1.82, 2.24) is 9.99 Å². The standard InChI is InChI=1S/C23H20F2N4OS/c24-18-9-10-20(25)19(14-18)21-28-29(22(30)16-6-4-13-27-15-16)23(31-21,11-5-12-26)17-7-2-1-3-8-17/h1-4,6-10,13-15H,5,11-12,26H2. The molecule has 0 radical (unpaired) electrons. The largest absolute Gasteiger partial charge is 0.330 e. The summed E-state index contributed by atoms with van der Waals surface area (Å²) in [5.41, 5.74) is 6.98. The van der Waals surface area contributed by atoms with Crippen molar-refractivity contribution in [2.24, 2.45) is 10.8 Å². The van der Waals surface area contributed by atoms with Gasteiger partial charge < -0.3 is 5.73 Å². The summed E-state index contributed by atoms with van der Waals surface area (Å²) >= 11 is 1.23. The minimum absolute atomic E-state index is 0.0135. The average molecular weight is 439 g/mol. The number of carbonyl (C=O) groups excluding carboxylic acids is 1. The number of hydrogen-bond donors (Lipinski definition) is 1. The highest BCUT2D eigenvalue weighted by Gasteiger charge is 2.48. The Morgan fingerprint density at radius 1 is 1.10 bits per heavy atom. The fraction of sp³-hybridized carbons (Fsp3) is 0.174. The molecule has 0 bridgehead atoms. The maximum atomic E-state index is 14.6. The third-order valence-corrected chi connectivity index (χ3v) is 6.45. The molecule has 1 aromatic heterocycles. The number of nitrogens with zero attached hydrogens (tertiary/aromatic N) is 3. The molecule has 0 aliphatic carbocycles. The summed E-state index contributed by atoms with van der Waals surface area (Å²) in [5.74, 6) is -1.57. The number of nitrogens with two attached hydrogens (primary N) is 1. The zero-order valence-electron chi connectivity index (χ0n) is 16.5. The number of amides is 1. The van der Waals surface area contributed by atoms with Crippen LogP contribution in [0.15, 0.2) is 78.2 Å². The molecule has 0 saturated heterocycles. The van der Waals surface area contributed by atoms with Gasteiger partial charge in [0.25, 0.3) is 5.91 Å². The summed E-state index contributed by atoms with van der Waals surface area (Å²) < 4.78 is 28.5. The van der Waals surface area contributed by atoms with E-state index in [1.165, 1.54) is 23.0 Å². The van der Waals surface area contributed by atoms with E-state index in [0.717, 1.165) is 23.8 Å². The number of aromatic nitrogens is 1. The maximum Gasteiger partial charge on any atom is 0.277 e. The van der Waals surface area contributed by atoms with Crippen LogP contribution in [0.1, 0.15) is 34.3 Å². The van der Waals surface area contributed by atoms with Crippen LogP contribution in [0.25, 0.3) is 0 Å². The van der Waals surface area contributed by atoms with Crippen molar-refractivity contribution in [3.8, 4) is 0 Å². The summed E-state index contributed by atoms with van der Waals surface area (Å²) in [6.45, 7) is 0.410. The number of halogens is 2. The van der Waals surface area contributed by atoms with Crippen LogP contribution in [0.4, 0.5) is 8.78 Å². The Bertz CT molecular complexity index is 1110. The lowest BCUT2D eigenvalue weighted by Crippen LogP contribution is -2.42. The van der Waals surface area contributed by atoms with E-state index in [4.69, 9.17) is 5.73 Å². The molecule has 158 valence electrons. The third-order valence-electron chi connectivity index (χ3n) is 5.00. The molecule has 2 aromatic carbocycles. The van der Waals surface area contributed by atoms with E-state index in [2.05, 4.69) is 10.1 Å². The topological polar surface area (TPSA) is 71.6 Å². The van der Waals surface area contributed by atoms with Crippen LogP contribution in [0.3, 0.4) is 0 Å². The molecule has 5 nitrogen and oxygen atoms in total. The predicted octanol–water partition coefficient (Wildman–Crippen LogP) is 4.50. The van der Waals surface area contributed by atoms with Crippen LogP contribution in [0.2, 0.25) is 0 Å². The maximum absolute atomic E-state index is 14.6. The van der Waals surface area contributed by atoms with Crippen molar-refractivity contribution < 1.29 is 13.6 Å². The first-order valence-corrected chi connectivity index (χ1v) is 10.6. The van der Waals surface area contributed by atoms with Gasteiger partial charge in [-0.25, -0.2) is 13.8 Å². The number of pyridine rings is 1. The second-order valence-corrected chi connectivity index (χ2v) is 8.30. The lowest BCUT2D eigenvalue weighted by atomic mass is 9.99. The SMILES string of the molecule is NCCCC1(c2ccccc2)SC(c2cc(F)ccc2F)=NN1C(=O)c1cccnc1. The Kier molecular flexibility index (Phi) is 6.11. The van der Waals surface area contributed by atoms with Crippen molar-refractivity contribution >= 4 is 22.7 Å². The minimum Gasteiger partial charge on any atom is -0.330 e. The van der Waals surface area contributed by atoms with Gasteiger partial charge in [-0.3, -0.25) is 9.78 Å². The van der Waals surface area contributed by atoms with Crippen molar-refractivity contribution in [2.45, 2.75) is 17.7 Å². The second-order valence-electron chi connectivity index (χ2n) is 7.03. The molecule has 2 N–H and O–H groups in total. The van der Waals surface area contributed by atoms with Crippen molar-refractivity contribution in [3.05, 3.63) is 101 Å². The Balaban J connectivity index is 1.87. The first-order chi connectivity index (χ1) is 15.0. The number of hydrogen-bond acceptors (Lipinski definition) is 5. The predicted molar refractivity (Wildman–Crippen MR) is 117 cm³/mol. The number of benzene rings is 2. The van der Waals surface area contributed by atoms with Crippen molar-refractivity contribution in [3.63, 3.8) is 0 Å². The minimum atomic E-state index is -0.957. The molecule has 1 aliphatic heterocycles. The van der Waals surface area contributed by atoms with Gasteiger partial charge in [-0.05, 0) is 55.3 Å². The van der Waals surface area contributed by atoms with Gasteiger partial charge in [0.2, 0.25) is 0 Å². The molecular weight excluding hydrogens is 418 g/mol. The lowest BCUT2D eigenvalue weighted by Gasteiger charge is -2.36. The van der Waals surface area contributed by atoms with Gasteiger partial charge in [-0.2, -0.15) is 5.10 Å². The van der Waals surface area contributed by atoms with Crippen LogP contribution >= 0.6 is 11.8 Å². The van der Waals surface area contributed by atoms with Crippen molar-refractivity contribution in [2.75, 3.05) is 6.54 Å². The molecule has 0 fully saturated rings. The Hall–Kier alpha value is -3.10. The van der Waals surface area contributed by atoms with Crippen molar-refractivity contribution in [1.29, 1.82) is 0 Å². The van der Waals surface area contributed by atoms with Gasteiger partial charge in [0.15, 0.2) is 0 Å². The molecule has 31 heavy (non-hydrogen) atoms. The van der Waals surface area contributed by atoms with Crippen LogP contribution < -0.4 is 5.73 Å². The van der Waals surface area contributed by atoms with Gasteiger partial charge in [0, 0.05) is 18.0 Å². The highest BCUT2D eigenvalue weighted by atomic mass is 32.2. The second kappa shape index (κ2) is 8.95. The highest BCUT2D eigenvalue weighted by molar-refractivity contribution is 8.15. The van der Waals surface area contributed by atoms with E-state index in [-0.39, 0.29) is 16.5 Å². The number of hydrazone groups is 1. The van der Waals surface area contributed by atoms with Gasteiger partial charge in [0.05, 0.1) is 5.56 Å². The van der Waals surface area contributed by atoms with Crippen LogP contribution in [0, 0.1) is 11.6 Å². The first kappa shape index (κ1) is 21.1. The Morgan fingerprint density at radius 2 is 1.90 bits per heavy atom. The summed E-state index contributed by atoms with van der Waals surface area (Å²) in [7, 11) is 0. The van der Waals surface area contributed by atoms with Crippen LogP contribution in [-0.4, -0.2) is 27.5 Å². The number of carbonyl (C=O) groups is 1. The van der Waals surface area contributed by atoms with Gasteiger partial charge in [-0.15, -0.1) is 0 Å². The highest BCUT2D eigenvalue weighted by Crippen LogP contribution is 2.51. The van der Waals surface area contributed by atoms with Gasteiger partial charge in [-0.1, -0.05) is 42.1 Å². The van der Waals surface area contributed by atoms with E-state index in [1.54, 1.807) is 18.3 Å². The molecule has 1 amide bonds. The molecule has 8 heteroatoms. The number of rotatable bonds is 6. The summed E-state index contributed by atoms with van der Waals surface area (Å²) in [6, 6.07) is 15.9. The quantitative estimate of drug-likeness (QED) is 0.615. The van der Waals surface area contributed by atoms with E-state index in [0.29, 0.717) is 24.9 Å². The molecule has 0 spiro atoms. The molecule has 0 saturated carbocycles. The van der Waals surface area contributed by atoms with E-state index in [9.17, 15) is 13.6 Å². The molecule has 3 aromatic rings. The molecular formula is C23H20F2N4OS. The normalized spacial score (nSPS) is 18.2. The Labute approximate surface area is 183 Å². The monoisotopic (exact) mass is 438 g/mol. The zero-order chi connectivity index (χ0) is 21.8. The van der Waals surface area contributed by atoms with Crippen LogP contribution in [0.5, 0.6) is 0 Å². The first-order valence-electron chi connectivity index (χ1n) is 9.78.